The summed E-state index contributed by atoms with van der Waals surface area (Å²) in [6.07, 6.45) is -4.62. The zero-order valence-corrected chi connectivity index (χ0v) is 17.5. The molecule has 1 aromatic carbocycles. The molecule has 30 heavy (non-hydrogen) atoms. The first-order valence-corrected chi connectivity index (χ1v) is 10.8. The number of amides is 1. The second-order valence-corrected chi connectivity index (χ2v) is 9.56. The average Bonchev–Trinajstić information content (AvgIpc) is 3.31. The first-order chi connectivity index (χ1) is 14.0. The van der Waals surface area contributed by atoms with E-state index in [0.717, 1.165) is 26.4 Å². The summed E-state index contributed by atoms with van der Waals surface area (Å²) < 4.78 is 66.9. The number of hydrogen-bond acceptors (Lipinski definition) is 5. The molecule has 0 saturated carbocycles. The number of nitrogens with zero attached hydrogens (tertiary/aromatic N) is 3. The molecule has 0 fully saturated rings. The van der Waals surface area contributed by atoms with Crippen LogP contribution in [0, 0.1) is 6.92 Å². The molecule has 0 bridgehead atoms. The van der Waals surface area contributed by atoms with Crippen LogP contribution in [0.3, 0.4) is 0 Å². The van der Waals surface area contributed by atoms with Gasteiger partial charge in [0.05, 0.1) is 23.5 Å². The molecule has 7 nitrogen and oxygen atoms in total. The monoisotopic (exact) mass is 458 g/mol. The topological polar surface area (TPSA) is 84.3 Å². The molecule has 1 N–H and O–H groups in total. The molecule has 12 heteroatoms. The van der Waals surface area contributed by atoms with E-state index in [1.807, 2.05) is 0 Å². The molecule has 3 rings (SSSR count). The molecule has 0 radical (unpaired) electrons. The Kier molecular flexibility index (Phi) is 6.01. The number of aromatic nitrogens is 2. The molecule has 3 aromatic rings. The third-order valence-electron chi connectivity index (χ3n) is 4.06. The fourth-order valence-electron chi connectivity index (χ4n) is 2.70. The molecule has 0 spiro atoms. The van der Waals surface area contributed by atoms with Gasteiger partial charge in [-0.25, -0.2) is 13.1 Å². The number of benzene rings is 1. The van der Waals surface area contributed by atoms with Gasteiger partial charge in [0.25, 0.3) is 10.0 Å². The molecule has 0 aliphatic rings. The first kappa shape index (κ1) is 22.0. The number of aryl methyl sites for hydroxylation is 1. The van der Waals surface area contributed by atoms with Crippen LogP contribution in [0.5, 0.6) is 0 Å². The second kappa shape index (κ2) is 8.20. The molecular weight excluding hydrogens is 441 g/mol. The van der Waals surface area contributed by atoms with E-state index in [1.54, 1.807) is 18.4 Å². The standard InChI is InChI=1S/C18H17F3N4O3S2/c1-12-10-15(25(23-12)14-7-4-3-6-13(14)18(19,20)21)22-16(26)11-24(2)30(27,28)17-8-5-9-29-17/h3-10H,11H2,1-2H3,(H,22,26). The lowest BCUT2D eigenvalue weighted by molar-refractivity contribution is -0.137. The fraction of sp³-hybridized carbons (Fsp3) is 0.222. The van der Waals surface area contributed by atoms with Gasteiger partial charge in [-0.1, -0.05) is 18.2 Å². The van der Waals surface area contributed by atoms with Crippen molar-refractivity contribution in [1.82, 2.24) is 14.1 Å². The zero-order chi connectivity index (χ0) is 22.1. The Bertz CT molecular complexity index is 1160. The van der Waals surface area contributed by atoms with Crippen molar-refractivity contribution in [2.45, 2.75) is 17.3 Å². The summed E-state index contributed by atoms with van der Waals surface area (Å²) in [5.41, 5.74) is -0.796. The number of hydrogen-bond donors (Lipinski definition) is 1. The second-order valence-electron chi connectivity index (χ2n) is 6.34. The summed E-state index contributed by atoms with van der Waals surface area (Å²) in [6, 6.07) is 9.22. The minimum atomic E-state index is -4.62. The lowest BCUT2D eigenvalue weighted by Crippen LogP contribution is -2.35. The SMILES string of the molecule is Cc1cc(NC(=O)CN(C)S(=O)(=O)c2cccs2)n(-c2ccccc2C(F)(F)F)n1. The number of alkyl halides is 3. The third-order valence-corrected chi connectivity index (χ3v) is 7.24. The van der Waals surface area contributed by atoms with Crippen LogP contribution in [0.25, 0.3) is 5.69 Å². The van der Waals surface area contributed by atoms with Crippen LogP contribution in [0.4, 0.5) is 19.0 Å². The molecular formula is C18H17F3N4O3S2. The zero-order valence-electron chi connectivity index (χ0n) is 15.8. The molecule has 0 aliphatic carbocycles. The molecule has 2 heterocycles. The van der Waals surface area contributed by atoms with Crippen molar-refractivity contribution in [1.29, 1.82) is 0 Å². The smallest absolute Gasteiger partial charge is 0.309 e. The maximum Gasteiger partial charge on any atom is 0.418 e. The number of sulfonamides is 1. The predicted octanol–water partition coefficient (Wildman–Crippen LogP) is 3.52. The molecule has 0 aliphatic heterocycles. The number of carbonyl (C=O) groups excluding carboxylic acids is 1. The van der Waals surface area contributed by atoms with E-state index in [0.29, 0.717) is 5.69 Å². The van der Waals surface area contributed by atoms with Gasteiger partial charge in [0.1, 0.15) is 10.0 Å². The van der Waals surface area contributed by atoms with E-state index in [1.165, 1.54) is 37.4 Å². The lowest BCUT2D eigenvalue weighted by Gasteiger charge is -2.17. The summed E-state index contributed by atoms with van der Waals surface area (Å²) in [5, 5.41) is 8.09. The van der Waals surface area contributed by atoms with Crippen molar-refractivity contribution >= 4 is 33.1 Å². The Hall–Kier alpha value is -2.70. The van der Waals surface area contributed by atoms with Gasteiger partial charge in [0, 0.05) is 13.1 Å². The third kappa shape index (κ3) is 4.55. The summed E-state index contributed by atoms with van der Waals surface area (Å²) >= 11 is 1.01. The molecule has 0 saturated heterocycles. The number of para-hydroxylation sites is 1. The number of halogens is 3. The maximum atomic E-state index is 13.4. The van der Waals surface area contributed by atoms with Crippen molar-refractivity contribution in [3.8, 4) is 5.69 Å². The van der Waals surface area contributed by atoms with E-state index >= 15 is 0 Å². The summed E-state index contributed by atoms with van der Waals surface area (Å²) in [7, 11) is -2.60. The number of rotatable bonds is 6. The maximum absolute atomic E-state index is 13.4. The highest BCUT2D eigenvalue weighted by Crippen LogP contribution is 2.34. The van der Waals surface area contributed by atoms with Gasteiger partial charge < -0.3 is 5.32 Å². The molecule has 0 atom stereocenters. The summed E-state index contributed by atoms with van der Waals surface area (Å²) in [4.78, 5) is 12.4. The quantitative estimate of drug-likeness (QED) is 0.613. The van der Waals surface area contributed by atoms with Gasteiger partial charge in [-0.2, -0.15) is 22.6 Å². The summed E-state index contributed by atoms with van der Waals surface area (Å²) in [5.74, 6) is -0.723. The van der Waals surface area contributed by atoms with Crippen molar-refractivity contribution in [2.75, 3.05) is 18.9 Å². The van der Waals surface area contributed by atoms with Crippen molar-refractivity contribution < 1.29 is 26.4 Å². The Balaban J connectivity index is 1.85. The summed E-state index contributed by atoms with van der Waals surface area (Å²) in [6.45, 7) is 1.04. The Morgan fingerprint density at radius 2 is 1.93 bits per heavy atom. The lowest BCUT2D eigenvalue weighted by atomic mass is 10.1. The van der Waals surface area contributed by atoms with E-state index in [2.05, 4.69) is 10.4 Å². The van der Waals surface area contributed by atoms with Gasteiger partial charge in [0.2, 0.25) is 5.91 Å². The van der Waals surface area contributed by atoms with Crippen molar-refractivity contribution in [3.63, 3.8) is 0 Å². The predicted molar refractivity (Wildman–Crippen MR) is 106 cm³/mol. The highest BCUT2D eigenvalue weighted by molar-refractivity contribution is 7.91. The number of carbonyl (C=O) groups is 1. The van der Waals surface area contributed by atoms with E-state index in [9.17, 15) is 26.4 Å². The van der Waals surface area contributed by atoms with E-state index < -0.39 is 34.2 Å². The van der Waals surface area contributed by atoms with Crippen LogP contribution in [0.2, 0.25) is 0 Å². The number of nitrogens with one attached hydrogen (secondary N) is 1. The number of likely N-dealkylation sites (N-methyl/N-ethyl adjacent to an activating group) is 1. The minimum Gasteiger partial charge on any atom is -0.309 e. The van der Waals surface area contributed by atoms with Crippen LogP contribution in [0.15, 0.2) is 52.1 Å². The first-order valence-electron chi connectivity index (χ1n) is 8.53. The van der Waals surface area contributed by atoms with Crippen LogP contribution in [0.1, 0.15) is 11.3 Å². The van der Waals surface area contributed by atoms with Gasteiger partial charge in [0.15, 0.2) is 0 Å². The molecule has 1 amide bonds. The molecule has 2 aromatic heterocycles. The average molecular weight is 458 g/mol. The number of thiophene rings is 1. The largest absolute Gasteiger partial charge is 0.418 e. The highest BCUT2D eigenvalue weighted by Gasteiger charge is 2.34. The Morgan fingerprint density at radius 3 is 2.57 bits per heavy atom. The van der Waals surface area contributed by atoms with Crippen LogP contribution in [-0.2, 0) is 21.0 Å². The van der Waals surface area contributed by atoms with Crippen LogP contribution in [-0.4, -0.2) is 42.0 Å². The minimum absolute atomic E-state index is 0.00359. The number of anilines is 1. The van der Waals surface area contributed by atoms with Crippen LogP contribution >= 0.6 is 11.3 Å². The van der Waals surface area contributed by atoms with Gasteiger partial charge in [-0.05, 0) is 30.5 Å². The van der Waals surface area contributed by atoms with Gasteiger partial charge in [-0.15, -0.1) is 11.3 Å². The van der Waals surface area contributed by atoms with Gasteiger partial charge >= 0.3 is 6.18 Å². The van der Waals surface area contributed by atoms with Crippen molar-refractivity contribution in [2.24, 2.45) is 0 Å². The van der Waals surface area contributed by atoms with Crippen LogP contribution < -0.4 is 5.32 Å². The molecule has 0 unspecified atom stereocenters. The van der Waals surface area contributed by atoms with Crippen molar-refractivity contribution in [3.05, 3.63) is 59.1 Å². The van der Waals surface area contributed by atoms with E-state index in [4.69, 9.17) is 0 Å². The highest BCUT2D eigenvalue weighted by atomic mass is 32.2. The molecule has 160 valence electrons. The van der Waals surface area contributed by atoms with E-state index in [-0.39, 0.29) is 15.7 Å². The normalized spacial score (nSPS) is 12.3. The Labute approximate surface area is 174 Å². The van der Waals surface area contributed by atoms with Gasteiger partial charge in [-0.3, -0.25) is 4.79 Å². The fourth-order valence-corrected chi connectivity index (χ4v) is 5.03. The Morgan fingerprint density at radius 1 is 1.23 bits per heavy atom.